The second kappa shape index (κ2) is 7.80. The van der Waals surface area contributed by atoms with Crippen LogP contribution in [0.4, 0.5) is 5.00 Å². The molecule has 3 amide bonds. The van der Waals surface area contributed by atoms with Gasteiger partial charge in [-0.15, -0.1) is 11.3 Å². The highest BCUT2D eigenvalue weighted by Gasteiger charge is 2.42. The van der Waals surface area contributed by atoms with E-state index in [4.69, 9.17) is 0 Å². The molecule has 0 fully saturated rings. The molecule has 1 aliphatic heterocycles. The second-order valence-electron chi connectivity index (χ2n) is 7.32. The van der Waals surface area contributed by atoms with Gasteiger partial charge in [-0.1, -0.05) is 25.5 Å². The summed E-state index contributed by atoms with van der Waals surface area (Å²) >= 11 is 1.44. The number of rotatable bonds is 4. The Morgan fingerprint density at radius 3 is 2.45 bits per heavy atom. The Morgan fingerprint density at radius 2 is 1.83 bits per heavy atom. The topological polar surface area (TPSA) is 90.3 Å². The van der Waals surface area contributed by atoms with Gasteiger partial charge in [0.15, 0.2) is 0 Å². The van der Waals surface area contributed by atoms with E-state index >= 15 is 0 Å². The molecule has 1 N–H and O–H groups in total. The SMILES string of the molecule is CC[C@H](C(=O)Nc1sc2c(c1C#N)CCCCC2)N1C(=O)c2ccccc2C1=O. The number of nitrogens with zero attached hydrogens (tertiary/aromatic N) is 2. The molecule has 1 aromatic heterocycles. The summed E-state index contributed by atoms with van der Waals surface area (Å²) in [6.07, 6.45) is 5.33. The Kier molecular flexibility index (Phi) is 5.20. The fraction of sp³-hybridized carbons (Fsp3) is 0.364. The molecule has 1 aromatic carbocycles. The van der Waals surface area contributed by atoms with E-state index in [1.54, 1.807) is 31.2 Å². The highest BCUT2D eigenvalue weighted by atomic mass is 32.1. The lowest BCUT2D eigenvalue weighted by Crippen LogP contribution is -2.46. The molecule has 4 rings (SSSR count). The smallest absolute Gasteiger partial charge is 0.262 e. The average molecular weight is 407 g/mol. The number of fused-ring (bicyclic) bond motifs is 2. The third kappa shape index (κ3) is 3.23. The average Bonchev–Trinajstić information content (AvgIpc) is 3.05. The molecule has 6 nitrogen and oxygen atoms in total. The summed E-state index contributed by atoms with van der Waals surface area (Å²) < 4.78 is 0. The van der Waals surface area contributed by atoms with Crippen molar-refractivity contribution >= 4 is 34.1 Å². The van der Waals surface area contributed by atoms with E-state index in [1.165, 1.54) is 11.3 Å². The van der Waals surface area contributed by atoms with Crippen LogP contribution >= 0.6 is 11.3 Å². The molecule has 0 saturated heterocycles. The Hall–Kier alpha value is -2.98. The van der Waals surface area contributed by atoms with Crippen LogP contribution in [0.3, 0.4) is 0 Å². The zero-order valence-corrected chi connectivity index (χ0v) is 17.0. The monoisotopic (exact) mass is 407 g/mol. The number of thiophene rings is 1. The summed E-state index contributed by atoms with van der Waals surface area (Å²) in [5, 5.41) is 13.0. The van der Waals surface area contributed by atoms with E-state index in [-0.39, 0.29) is 0 Å². The van der Waals surface area contributed by atoms with Gasteiger partial charge in [-0.2, -0.15) is 5.26 Å². The number of amides is 3. The summed E-state index contributed by atoms with van der Waals surface area (Å²) in [5.74, 6) is -1.33. The van der Waals surface area contributed by atoms with E-state index in [9.17, 15) is 19.6 Å². The molecule has 29 heavy (non-hydrogen) atoms. The Morgan fingerprint density at radius 1 is 1.17 bits per heavy atom. The quantitative estimate of drug-likeness (QED) is 0.615. The number of anilines is 1. The summed E-state index contributed by atoms with van der Waals surface area (Å²) in [6.45, 7) is 1.77. The second-order valence-corrected chi connectivity index (χ2v) is 8.42. The first kappa shape index (κ1) is 19.3. The minimum absolute atomic E-state index is 0.296. The fourth-order valence-corrected chi connectivity index (χ4v) is 5.36. The van der Waals surface area contributed by atoms with E-state index < -0.39 is 23.8 Å². The summed E-state index contributed by atoms with van der Waals surface area (Å²) in [7, 11) is 0. The lowest BCUT2D eigenvalue weighted by Gasteiger charge is -2.24. The molecule has 1 atom stereocenters. The Labute approximate surface area is 173 Å². The van der Waals surface area contributed by atoms with Crippen molar-refractivity contribution in [1.29, 1.82) is 5.26 Å². The predicted molar refractivity (Wildman–Crippen MR) is 110 cm³/mol. The number of nitriles is 1. The maximum atomic E-state index is 13.1. The highest BCUT2D eigenvalue weighted by molar-refractivity contribution is 7.16. The Balaban J connectivity index is 1.61. The molecule has 0 saturated carbocycles. The molecular formula is C22H21N3O3S. The van der Waals surface area contributed by atoms with Crippen molar-refractivity contribution in [3.05, 3.63) is 51.4 Å². The number of imide groups is 1. The van der Waals surface area contributed by atoms with E-state index in [1.807, 2.05) is 0 Å². The first-order valence-electron chi connectivity index (χ1n) is 9.89. The van der Waals surface area contributed by atoms with Crippen LogP contribution in [0.5, 0.6) is 0 Å². The van der Waals surface area contributed by atoms with Crippen molar-refractivity contribution in [3.63, 3.8) is 0 Å². The standard InChI is InChI=1S/C22H21N3O3S/c1-2-17(25-21(27)14-9-6-7-10-15(14)22(25)28)19(26)24-20-16(12-23)13-8-4-3-5-11-18(13)29-20/h6-7,9-10,17H,2-5,8,11H2,1H3,(H,24,26)/t17-/m1/s1. The number of carbonyl (C=O) groups is 3. The van der Waals surface area contributed by atoms with E-state index in [2.05, 4.69) is 11.4 Å². The molecule has 1 aliphatic carbocycles. The first-order valence-corrected chi connectivity index (χ1v) is 10.7. The normalized spacial score (nSPS) is 16.6. The van der Waals surface area contributed by atoms with Gasteiger partial charge in [0.2, 0.25) is 5.91 Å². The lowest BCUT2D eigenvalue weighted by molar-refractivity contribution is -0.120. The molecule has 0 bridgehead atoms. The van der Waals surface area contributed by atoms with E-state index in [0.29, 0.717) is 28.1 Å². The van der Waals surface area contributed by atoms with Crippen LogP contribution < -0.4 is 5.32 Å². The molecule has 0 unspecified atom stereocenters. The van der Waals surface area contributed by atoms with Gasteiger partial charge < -0.3 is 5.32 Å². The fourth-order valence-electron chi connectivity index (χ4n) is 4.12. The minimum atomic E-state index is -0.921. The zero-order valence-electron chi connectivity index (χ0n) is 16.2. The number of benzene rings is 1. The van der Waals surface area contributed by atoms with Gasteiger partial charge in [-0.05, 0) is 49.8 Å². The highest BCUT2D eigenvalue weighted by Crippen LogP contribution is 2.37. The van der Waals surface area contributed by atoms with Crippen LogP contribution in [0.15, 0.2) is 24.3 Å². The van der Waals surface area contributed by atoms with Gasteiger partial charge in [0.1, 0.15) is 17.1 Å². The van der Waals surface area contributed by atoms with Gasteiger partial charge in [-0.3, -0.25) is 19.3 Å². The van der Waals surface area contributed by atoms with Crippen molar-refractivity contribution < 1.29 is 14.4 Å². The van der Waals surface area contributed by atoms with Gasteiger partial charge in [-0.25, -0.2) is 0 Å². The van der Waals surface area contributed by atoms with Crippen LogP contribution in [-0.4, -0.2) is 28.7 Å². The van der Waals surface area contributed by atoms with Gasteiger partial charge >= 0.3 is 0 Å². The van der Waals surface area contributed by atoms with Crippen LogP contribution in [-0.2, 0) is 17.6 Å². The van der Waals surface area contributed by atoms with Gasteiger partial charge in [0, 0.05) is 4.88 Å². The maximum Gasteiger partial charge on any atom is 0.262 e. The van der Waals surface area contributed by atoms with Crippen molar-refractivity contribution in [2.24, 2.45) is 0 Å². The molecular weight excluding hydrogens is 386 g/mol. The van der Waals surface area contributed by atoms with Crippen molar-refractivity contribution in [3.8, 4) is 6.07 Å². The maximum absolute atomic E-state index is 13.1. The largest absolute Gasteiger partial charge is 0.315 e. The van der Waals surface area contributed by atoms with Crippen molar-refractivity contribution in [2.45, 2.75) is 51.5 Å². The van der Waals surface area contributed by atoms with Crippen LogP contribution in [0, 0.1) is 11.3 Å². The van der Waals surface area contributed by atoms with Crippen LogP contribution in [0.1, 0.15) is 69.3 Å². The molecule has 2 aromatic rings. The molecule has 0 radical (unpaired) electrons. The molecule has 2 aliphatic rings. The summed E-state index contributed by atoms with van der Waals surface area (Å²) in [5.41, 5.74) is 2.21. The number of carbonyl (C=O) groups excluding carboxylic acids is 3. The predicted octanol–water partition coefficient (Wildman–Crippen LogP) is 3.90. The summed E-state index contributed by atoms with van der Waals surface area (Å²) in [4.78, 5) is 40.8. The minimum Gasteiger partial charge on any atom is -0.315 e. The zero-order chi connectivity index (χ0) is 20.5. The van der Waals surface area contributed by atoms with Crippen molar-refractivity contribution in [1.82, 2.24) is 4.90 Å². The van der Waals surface area contributed by atoms with E-state index in [0.717, 1.165) is 47.4 Å². The third-order valence-electron chi connectivity index (χ3n) is 5.60. The molecule has 148 valence electrons. The van der Waals surface area contributed by atoms with Gasteiger partial charge in [0.05, 0.1) is 16.7 Å². The number of aryl methyl sites for hydroxylation is 1. The molecule has 7 heteroatoms. The lowest BCUT2D eigenvalue weighted by atomic mass is 10.1. The number of nitrogens with one attached hydrogen (secondary N) is 1. The summed E-state index contributed by atoms with van der Waals surface area (Å²) in [6, 6.07) is 7.93. The third-order valence-corrected chi connectivity index (χ3v) is 6.80. The van der Waals surface area contributed by atoms with Crippen molar-refractivity contribution in [2.75, 3.05) is 5.32 Å². The number of hydrogen-bond donors (Lipinski definition) is 1. The van der Waals surface area contributed by atoms with Crippen LogP contribution in [0.2, 0.25) is 0 Å². The van der Waals surface area contributed by atoms with Crippen LogP contribution in [0.25, 0.3) is 0 Å². The van der Waals surface area contributed by atoms with Gasteiger partial charge in [0.25, 0.3) is 11.8 Å². The molecule has 2 heterocycles. The Bertz CT molecular complexity index is 1020. The first-order chi connectivity index (χ1) is 14.1. The number of hydrogen-bond acceptors (Lipinski definition) is 5. The molecule has 0 spiro atoms.